The highest BCUT2D eigenvalue weighted by molar-refractivity contribution is 6.35. The minimum atomic E-state index is -0.124. The number of para-hydroxylation sites is 1. The summed E-state index contributed by atoms with van der Waals surface area (Å²) in [5.74, 6) is 0. The van der Waals surface area contributed by atoms with Gasteiger partial charge in [0.15, 0.2) is 0 Å². The average molecular weight is 421 g/mol. The first-order valence-corrected chi connectivity index (χ1v) is 10.6. The largest absolute Gasteiger partial charge is 0.375 e. The Hall–Kier alpha value is -3.05. The molecular weight excluding hydrogens is 396 g/mol. The van der Waals surface area contributed by atoms with Crippen molar-refractivity contribution < 1.29 is 0 Å². The molecule has 154 valence electrons. The minimum Gasteiger partial charge on any atom is -0.375 e. The van der Waals surface area contributed by atoms with E-state index in [9.17, 15) is 4.79 Å². The predicted molar refractivity (Wildman–Crippen MR) is 125 cm³/mol. The van der Waals surface area contributed by atoms with Crippen molar-refractivity contribution in [2.24, 2.45) is 4.99 Å². The summed E-state index contributed by atoms with van der Waals surface area (Å²) >= 11 is 6.39. The molecule has 3 aromatic rings. The lowest BCUT2D eigenvalue weighted by Gasteiger charge is -2.26. The first-order chi connectivity index (χ1) is 14.6. The van der Waals surface area contributed by atoms with Gasteiger partial charge in [-0.2, -0.15) is 0 Å². The minimum absolute atomic E-state index is 0.119. The van der Waals surface area contributed by atoms with Crippen molar-refractivity contribution in [3.05, 3.63) is 87.6 Å². The molecular formula is C24H25ClN4O. The molecule has 4 rings (SSSR count). The van der Waals surface area contributed by atoms with E-state index in [1.165, 1.54) is 0 Å². The van der Waals surface area contributed by atoms with Crippen LogP contribution in [0.5, 0.6) is 0 Å². The van der Waals surface area contributed by atoms with Crippen LogP contribution >= 0.6 is 11.6 Å². The summed E-state index contributed by atoms with van der Waals surface area (Å²) in [5, 5.41) is 5.35. The van der Waals surface area contributed by atoms with E-state index < -0.39 is 0 Å². The molecule has 1 N–H and O–H groups in total. The van der Waals surface area contributed by atoms with Crippen LogP contribution in [0.4, 0.5) is 0 Å². The number of rotatable bonds is 6. The molecule has 0 bridgehead atoms. The lowest BCUT2D eigenvalue weighted by Crippen LogP contribution is -2.31. The van der Waals surface area contributed by atoms with Crippen LogP contribution in [0.3, 0.4) is 0 Å². The monoisotopic (exact) mass is 420 g/mol. The van der Waals surface area contributed by atoms with Crippen LogP contribution < -0.4 is 10.9 Å². The number of hydrogen-bond donors (Lipinski definition) is 1. The highest BCUT2D eigenvalue weighted by Gasteiger charge is 2.18. The third kappa shape index (κ3) is 3.98. The van der Waals surface area contributed by atoms with E-state index >= 15 is 0 Å². The maximum absolute atomic E-state index is 13.5. The zero-order valence-corrected chi connectivity index (χ0v) is 17.9. The molecule has 1 unspecified atom stereocenters. The Morgan fingerprint density at radius 3 is 2.73 bits per heavy atom. The fourth-order valence-electron chi connectivity index (χ4n) is 3.84. The van der Waals surface area contributed by atoms with Crippen LogP contribution in [-0.4, -0.2) is 28.9 Å². The van der Waals surface area contributed by atoms with Gasteiger partial charge in [-0.15, -0.1) is 0 Å². The second-order valence-corrected chi connectivity index (χ2v) is 7.87. The van der Waals surface area contributed by atoms with Gasteiger partial charge < -0.3 is 10.2 Å². The molecule has 0 amide bonds. The molecule has 1 aliphatic rings. The molecule has 2 heterocycles. The van der Waals surface area contributed by atoms with Crippen LogP contribution in [0.1, 0.15) is 32.0 Å². The summed E-state index contributed by atoms with van der Waals surface area (Å²) in [6, 6.07) is 17.1. The Morgan fingerprint density at radius 2 is 1.97 bits per heavy atom. The topological polar surface area (TPSA) is 49.6 Å². The fraction of sp³-hybridized carbons (Fsp3) is 0.250. The Labute approximate surface area is 181 Å². The fourth-order valence-corrected chi connectivity index (χ4v) is 4.10. The number of allylic oxidation sites excluding steroid dienone is 1. The number of benzene rings is 2. The van der Waals surface area contributed by atoms with E-state index in [4.69, 9.17) is 11.6 Å². The second kappa shape index (κ2) is 8.76. The van der Waals surface area contributed by atoms with E-state index in [1.807, 2.05) is 54.7 Å². The van der Waals surface area contributed by atoms with Crippen molar-refractivity contribution in [3.8, 4) is 5.69 Å². The Morgan fingerprint density at radius 1 is 1.17 bits per heavy atom. The molecule has 0 spiro atoms. The van der Waals surface area contributed by atoms with Crippen molar-refractivity contribution >= 4 is 28.6 Å². The SMILES string of the molecule is CCCN1C=C(NC(C)c2cc3cccc(Cl)c3c(=O)n2-c2ccccc2)C=NC1. The van der Waals surface area contributed by atoms with Gasteiger partial charge >= 0.3 is 0 Å². The maximum atomic E-state index is 13.5. The van der Waals surface area contributed by atoms with Gasteiger partial charge in [-0.1, -0.05) is 48.9 Å². The van der Waals surface area contributed by atoms with Gasteiger partial charge in [-0.05, 0) is 43.0 Å². The van der Waals surface area contributed by atoms with E-state index in [2.05, 4.69) is 35.3 Å². The van der Waals surface area contributed by atoms with E-state index in [1.54, 1.807) is 10.6 Å². The van der Waals surface area contributed by atoms with Crippen molar-refractivity contribution in [3.63, 3.8) is 0 Å². The van der Waals surface area contributed by atoms with E-state index in [-0.39, 0.29) is 11.6 Å². The van der Waals surface area contributed by atoms with Crippen LogP contribution in [0, 0.1) is 0 Å². The number of nitrogens with one attached hydrogen (secondary N) is 1. The first kappa shape index (κ1) is 20.2. The Bertz CT molecular complexity index is 1170. The van der Waals surface area contributed by atoms with Crippen LogP contribution in [0.25, 0.3) is 16.5 Å². The number of aliphatic imine (C=N–C) groups is 1. The average Bonchev–Trinajstić information content (AvgIpc) is 2.74. The van der Waals surface area contributed by atoms with Gasteiger partial charge in [-0.3, -0.25) is 14.4 Å². The number of nitrogens with zero attached hydrogens (tertiary/aromatic N) is 3. The number of pyridine rings is 1. The molecule has 0 radical (unpaired) electrons. The van der Waals surface area contributed by atoms with Crippen molar-refractivity contribution in [1.82, 2.24) is 14.8 Å². The number of aromatic nitrogens is 1. The van der Waals surface area contributed by atoms with Gasteiger partial charge in [0.1, 0.15) is 6.67 Å². The maximum Gasteiger partial charge on any atom is 0.264 e. The summed E-state index contributed by atoms with van der Waals surface area (Å²) in [4.78, 5) is 20.1. The molecule has 0 saturated heterocycles. The molecule has 0 saturated carbocycles. The summed E-state index contributed by atoms with van der Waals surface area (Å²) < 4.78 is 1.75. The second-order valence-electron chi connectivity index (χ2n) is 7.47. The zero-order valence-electron chi connectivity index (χ0n) is 17.2. The van der Waals surface area contributed by atoms with E-state index in [0.29, 0.717) is 17.1 Å². The molecule has 6 heteroatoms. The number of hydrogen-bond acceptors (Lipinski definition) is 4. The van der Waals surface area contributed by atoms with Crippen LogP contribution in [0.2, 0.25) is 5.02 Å². The zero-order chi connectivity index (χ0) is 21.1. The Balaban J connectivity index is 1.81. The third-order valence-corrected chi connectivity index (χ3v) is 5.51. The molecule has 1 aromatic heterocycles. The predicted octanol–water partition coefficient (Wildman–Crippen LogP) is 4.89. The summed E-state index contributed by atoms with van der Waals surface area (Å²) in [6.07, 6.45) is 5.01. The number of fused-ring (bicyclic) bond motifs is 1. The summed E-state index contributed by atoms with van der Waals surface area (Å²) in [6.45, 7) is 5.84. The lowest BCUT2D eigenvalue weighted by atomic mass is 10.1. The first-order valence-electron chi connectivity index (χ1n) is 10.2. The highest BCUT2D eigenvalue weighted by atomic mass is 35.5. The van der Waals surface area contributed by atoms with Gasteiger partial charge in [-0.25, -0.2) is 0 Å². The highest BCUT2D eigenvalue weighted by Crippen LogP contribution is 2.26. The van der Waals surface area contributed by atoms with Crippen LogP contribution in [-0.2, 0) is 0 Å². The van der Waals surface area contributed by atoms with Crippen molar-refractivity contribution in [1.29, 1.82) is 0 Å². The normalized spacial score (nSPS) is 14.6. The quantitative estimate of drug-likeness (QED) is 0.617. The van der Waals surface area contributed by atoms with Gasteiger partial charge in [0.05, 0.1) is 22.1 Å². The molecule has 5 nitrogen and oxygen atoms in total. The molecule has 0 aliphatic carbocycles. The van der Waals surface area contributed by atoms with Crippen molar-refractivity contribution in [2.75, 3.05) is 13.2 Å². The molecule has 30 heavy (non-hydrogen) atoms. The standard InChI is InChI=1S/C24H25ClN4O/c1-3-12-28-15-19(14-26-16-28)27-17(2)22-13-18-8-7-11-21(25)23(18)24(30)29(22)20-9-5-4-6-10-20/h4-11,13-15,17,27H,3,12,16H2,1-2H3. The van der Waals surface area contributed by atoms with Crippen molar-refractivity contribution in [2.45, 2.75) is 26.3 Å². The number of halogens is 1. The molecule has 0 fully saturated rings. The van der Waals surface area contributed by atoms with Gasteiger partial charge in [0.25, 0.3) is 5.56 Å². The lowest BCUT2D eigenvalue weighted by molar-refractivity contribution is 0.379. The van der Waals surface area contributed by atoms with Gasteiger partial charge in [0.2, 0.25) is 0 Å². The third-order valence-electron chi connectivity index (χ3n) is 5.19. The van der Waals surface area contributed by atoms with Crippen LogP contribution in [0.15, 0.2) is 76.3 Å². The molecule has 2 aromatic carbocycles. The molecule has 1 aliphatic heterocycles. The Kier molecular flexibility index (Phi) is 5.91. The van der Waals surface area contributed by atoms with Gasteiger partial charge in [0, 0.05) is 30.3 Å². The smallest absolute Gasteiger partial charge is 0.264 e. The van der Waals surface area contributed by atoms with E-state index in [0.717, 1.165) is 35.4 Å². The summed E-state index contributed by atoms with van der Waals surface area (Å²) in [7, 11) is 0. The summed E-state index contributed by atoms with van der Waals surface area (Å²) in [5.41, 5.74) is 2.49. The molecule has 1 atom stereocenters.